The Balaban J connectivity index is 2.07. The van der Waals surface area contributed by atoms with E-state index in [4.69, 9.17) is 0 Å². The average molecular weight is 347 g/mol. The second-order valence-electron chi connectivity index (χ2n) is 5.68. The van der Waals surface area contributed by atoms with Crippen LogP contribution in [0.3, 0.4) is 0 Å². The van der Waals surface area contributed by atoms with Crippen LogP contribution >= 0.6 is 0 Å². The number of alkyl halides is 3. The van der Waals surface area contributed by atoms with Crippen LogP contribution in [0.4, 0.5) is 17.6 Å². The zero-order chi connectivity index (χ0) is 18.1. The molecule has 1 aliphatic rings. The minimum atomic E-state index is -4.77. The molecule has 1 aliphatic heterocycles. The molecule has 2 unspecified atom stereocenters. The van der Waals surface area contributed by atoms with E-state index in [-0.39, 0.29) is 24.1 Å². The molecule has 0 saturated carbocycles. The van der Waals surface area contributed by atoms with Gasteiger partial charge in [0, 0.05) is 0 Å². The highest BCUT2D eigenvalue weighted by molar-refractivity contribution is 5.89. The molecule has 3 atom stereocenters. The first-order valence-electron chi connectivity index (χ1n) is 7.30. The van der Waals surface area contributed by atoms with Crippen LogP contribution in [-0.4, -0.2) is 24.0 Å². The van der Waals surface area contributed by atoms with E-state index in [1.54, 1.807) is 6.92 Å². The monoisotopic (exact) mass is 347 g/mol. The summed E-state index contributed by atoms with van der Waals surface area (Å²) in [6.07, 6.45) is -5.20. The molecule has 0 aliphatic carbocycles. The van der Waals surface area contributed by atoms with Crippen molar-refractivity contribution in [1.82, 2.24) is 16.0 Å². The lowest BCUT2D eigenvalue weighted by molar-refractivity contribution is -0.140. The quantitative estimate of drug-likeness (QED) is 0.731. The smallest absolute Gasteiger partial charge is 0.348 e. The van der Waals surface area contributed by atoms with E-state index in [1.165, 1.54) is 6.92 Å². The minimum Gasteiger partial charge on any atom is -0.348 e. The van der Waals surface area contributed by atoms with Gasteiger partial charge in [-0.25, -0.2) is 4.39 Å². The Morgan fingerprint density at radius 3 is 2.58 bits per heavy atom. The number of benzene rings is 1. The van der Waals surface area contributed by atoms with Crippen LogP contribution in [0, 0.1) is 5.82 Å². The zero-order valence-electron chi connectivity index (χ0n) is 13.0. The lowest BCUT2D eigenvalue weighted by Crippen LogP contribution is -2.59. The zero-order valence-corrected chi connectivity index (χ0v) is 13.0. The number of nitrogens with one attached hydrogen (secondary N) is 3. The Bertz CT molecular complexity index is 648. The number of carbonyl (C=O) groups is 2. The van der Waals surface area contributed by atoms with Crippen molar-refractivity contribution in [3.05, 3.63) is 35.1 Å². The topological polar surface area (TPSA) is 70.2 Å². The first-order valence-corrected chi connectivity index (χ1v) is 7.30. The summed E-state index contributed by atoms with van der Waals surface area (Å²) in [6, 6.07) is 1.03. The van der Waals surface area contributed by atoms with Crippen molar-refractivity contribution in [1.29, 1.82) is 0 Å². The van der Waals surface area contributed by atoms with Gasteiger partial charge in [0.15, 0.2) is 0 Å². The summed E-state index contributed by atoms with van der Waals surface area (Å²) in [7, 11) is 0. The normalized spacial score (nSPS) is 22.7. The second-order valence-corrected chi connectivity index (χ2v) is 5.68. The molecule has 2 rings (SSSR count). The molecule has 1 heterocycles. The Labute approximate surface area is 135 Å². The highest BCUT2D eigenvalue weighted by atomic mass is 19.4. The summed E-state index contributed by atoms with van der Waals surface area (Å²) < 4.78 is 51.3. The van der Waals surface area contributed by atoms with Gasteiger partial charge in [0.1, 0.15) is 5.82 Å². The molecule has 0 aromatic heterocycles. The highest BCUT2D eigenvalue weighted by Gasteiger charge is 2.34. The van der Waals surface area contributed by atoms with Gasteiger partial charge in [0.2, 0.25) is 11.8 Å². The molecule has 1 aromatic rings. The third-order valence-corrected chi connectivity index (χ3v) is 3.69. The van der Waals surface area contributed by atoms with Crippen LogP contribution in [-0.2, 0) is 15.8 Å². The fraction of sp³-hybridized carbons (Fsp3) is 0.467. The molecule has 9 heteroatoms. The molecule has 5 nitrogen and oxygen atoms in total. The van der Waals surface area contributed by atoms with Gasteiger partial charge in [0.05, 0.1) is 30.2 Å². The van der Waals surface area contributed by atoms with Crippen molar-refractivity contribution in [2.24, 2.45) is 0 Å². The van der Waals surface area contributed by atoms with Crippen molar-refractivity contribution < 1.29 is 27.2 Å². The van der Waals surface area contributed by atoms with E-state index in [1.807, 2.05) is 0 Å². The van der Waals surface area contributed by atoms with Crippen molar-refractivity contribution in [3.63, 3.8) is 0 Å². The molecule has 132 valence electrons. The molecule has 0 spiro atoms. The van der Waals surface area contributed by atoms with Gasteiger partial charge in [-0.05, 0) is 31.5 Å². The molecule has 1 fully saturated rings. The Kier molecular flexibility index (Phi) is 5.12. The maximum atomic E-state index is 13.6. The molecule has 1 saturated heterocycles. The van der Waals surface area contributed by atoms with Crippen LogP contribution in [0.2, 0.25) is 0 Å². The van der Waals surface area contributed by atoms with Crippen molar-refractivity contribution in [2.75, 3.05) is 0 Å². The minimum absolute atomic E-state index is 0.0513. The van der Waals surface area contributed by atoms with E-state index in [2.05, 4.69) is 16.0 Å². The number of hydrogen-bond donors (Lipinski definition) is 3. The van der Waals surface area contributed by atoms with E-state index >= 15 is 0 Å². The fourth-order valence-corrected chi connectivity index (χ4v) is 2.48. The summed E-state index contributed by atoms with van der Waals surface area (Å²) in [4.78, 5) is 23.6. The molecule has 1 aromatic carbocycles. The van der Waals surface area contributed by atoms with Crippen LogP contribution in [0.25, 0.3) is 0 Å². The number of amides is 2. The SMILES string of the molecule is CC1NC(=O)CC(C(=O)N[C@H](C)c2ccc(C(F)(F)F)c(F)c2)N1. The summed E-state index contributed by atoms with van der Waals surface area (Å²) >= 11 is 0. The molecule has 3 N–H and O–H groups in total. The lowest BCUT2D eigenvalue weighted by atomic mass is 10.0. The van der Waals surface area contributed by atoms with Gasteiger partial charge >= 0.3 is 6.18 Å². The first kappa shape index (κ1) is 18.2. The molecule has 2 amide bonds. The average Bonchev–Trinajstić information content (AvgIpc) is 2.44. The van der Waals surface area contributed by atoms with Gasteiger partial charge in [-0.3, -0.25) is 14.9 Å². The lowest BCUT2D eigenvalue weighted by Gasteiger charge is -2.29. The Morgan fingerprint density at radius 2 is 2.04 bits per heavy atom. The van der Waals surface area contributed by atoms with Gasteiger partial charge in [-0.1, -0.05) is 6.07 Å². The Morgan fingerprint density at radius 1 is 1.38 bits per heavy atom. The van der Waals surface area contributed by atoms with Crippen LogP contribution in [0.1, 0.15) is 37.4 Å². The molecule has 24 heavy (non-hydrogen) atoms. The predicted molar refractivity (Wildman–Crippen MR) is 77.1 cm³/mol. The van der Waals surface area contributed by atoms with Crippen LogP contribution < -0.4 is 16.0 Å². The predicted octanol–water partition coefficient (Wildman–Crippen LogP) is 1.85. The van der Waals surface area contributed by atoms with E-state index in [0.29, 0.717) is 6.07 Å². The van der Waals surface area contributed by atoms with Crippen LogP contribution in [0.15, 0.2) is 18.2 Å². The third kappa shape index (κ3) is 4.22. The molecule has 0 radical (unpaired) electrons. The van der Waals surface area contributed by atoms with Gasteiger partial charge < -0.3 is 10.6 Å². The van der Waals surface area contributed by atoms with E-state index in [0.717, 1.165) is 12.1 Å². The van der Waals surface area contributed by atoms with E-state index < -0.39 is 35.5 Å². The standard InChI is InChI=1S/C15H17F4N3O2/c1-7(9-3-4-10(11(16)5-9)15(17,18)19)20-14(24)12-6-13(23)22-8(2)21-12/h3-5,7-8,12,21H,6H2,1-2H3,(H,20,24)(H,22,23)/t7-,8?,12?/m1/s1. The van der Waals surface area contributed by atoms with Crippen LogP contribution in [0.5, 0.6) is 0 Å². The number of hydrogen-bond acceptors (Lipinski definition) is 3. The molecular formula is C15H17F4N3O2. The maximum Gasteiger partial charge on any atom is 0.419 e. The van der Waals surface area contributed by atoms with Crippen molar-refractivity contribution in [3.8, 4) is 0 Å². The van der Waals surface area contributed by atoms with Crippen molar-refractivity contribution >= 4 is 11.8 Å². The number of halogens is 4. The summed E-state index contributed by atoms with van der Waals surface area (Å²) in [5.74, 6) is -2.16. The maximum absolute atomic E-state index is 13.6. The van der Waals surface area contributed by atoms with E-state index in [9.17, 15) is 27.2 Å². The fourth-order valence-electron chi connectivity index (χ4n) is 2.48. The summed E-state index contributed by atoms with van der Waals surface area (Å²) in [5.41, 5.74) is -1.16. The number of carbonyl (C=O) groups excluding carboxylic acids is 2. The summed E-state index contributed by atoms with van der Waals surface area (Å²) in [6.45, 7) is 3.19. The van der Waals surface area contributed by atoms with Gasteiger partial charge in [0.25, 0.3) is 0 Å². The second kappa shape index (κ2) is 6.76. The third-order valence-electron chi connectivity index (χ3n) is 3.69. The highest BCUT2D eigenvalue weighted by Crippen LogP contribution is 2.32. The molecular weight excluding hydrogens is 330 g/mol. The first-order chi connectivity index (χ1) is 11.1. The van der Waals surface area contributed by atoms with Gasteiger partial charge in [-0.2, -0.15) is 13.2 Å². The summed E-state index contributed by atoms with van der Waals surface area (Å²) in [5, 5.41) is 8.03. The number of rotatable bonds is 3. The Hall–Kier alpha value is -2.16. The van der Waals surface area contributed by atoms with Crippen molar-refractivity contribution in [2.45, 2.75) is 44.7 Å². The molecule has 0 bridgehead atoms. The van der Waals surface area contributed by atoms with Gasteiger partial charge in [-0.15, -0.1) is 0 Å². The largest absolute Gasteiger partial charge is 0.419 e.